The fourth-order valence-corrected chi connectivity index (χ4v) is 3.18. The van der Waals surface area contributed by atoms with Gasteiger partial charge in [-0.3, -0.25) is 0 Å². The molecule has 0 saturated carbocycles. The first-order valence-electron chi connectivity index (χ1n) is 7.96. The Morgan fingerprint density at radius 2 is 0.929 bits per heavy atom. The molecule has 0 aliphatic rings. The van der Waals surface area contributed by atoms with Gasteiger partial charge in [0, 0.05) is 10.8 Å². The second-order valence-electron chi connectivity index (χ2n) is 6.33. The van der Waals surface area contributed by atoms with Gasteiger partial charge in [0.1, 0.15) is 0 Å². The predicted molar refractivity (Wildman–Crippen MR) is 94.8 cm³/mol. The van der Waals surface area contributed by atoms with Crippen LogP contribution in [0.5, 0.6) is 0 Å². The molecule has 0 N–H and O–H groups in total. The molecule has 8 heteroatoms. The number of benzene rings is 3. The fraction of sp³-hybridized carbons (Fsp3) is 0.100. The first kappa shape index (κ1) is 18.2. The van der Waals surface area contributed by atoms with Crippen molar-refractivity contribution in [1.82, 2.24) is 9.97 Å². The number of fused-ring (bicyclic) bond motifs is 6. The zero-order valence-corrected chi connectivity index (χ0v) is 14.0. The number of hydrogen-bond acceptors (Lipinski definition) is 2. The summed E-state index contributed by atoms with van der Waals surface area (Å²) in [7, 11) is 0. The number of alkyl halides is 6. The Hall–Kier alpha value is -3.16. The fourth-order valence-electron chi connectivity index (χ4n) is 3.18. The molecule has 4 aromatic rings. The second kappa shape index (κ2) is 5.67. The Morgan fingerprint density at radius 3 is 1.25 bits per heavy atom. The molecule has 0 fully saturated rings. The van der Waals surface area contributed by atoms with Crippen LogP contribution in [0.1, 0.15) is 11.1 Å². The lowest BCUT2D eigenvalue weighted by Crippen LogP contribution is -2.28. The van der Waals surface area contributed by atoms with Gasteiger partial charge < -0.3 is 0 Å². The third-order valence-corrected chi connectivity index (χ3v) is 4.55. The van der Waals surface area contributed by atoms with E-state index in [1.165, 1.54) is 12.1 Å². The molecular formula is C20H10F6N2. The van der Waals surface area contributed by atoms with Crippen molar-refractivity contribution < 1.29 is 26.3 Å². The molecule has 142 valence electrons. The largest absolute Gasteiger partial charge is 0.416 e. The Kier molecular flexibility index (Phi) is 3.69. The lowest BCUT2D eigenvalue weighted by atomic mass is 9.96. The van der Waals surface area contributed by atoms with Gasteiger partial charge >= 0.3 is 12.4 Å². The molecule has 0 atom stereocenters. The van der Waals surface area contributed by atoms with E-state index in [2.05, 4.69) is 23.1 Å². The lowest BCUT2D eigenvalue weighted by Gasteiger charge is -2.14. The summed E-state index contributed by atoms with van der Waals surface area (Å²) in [6.45, 7) is 7.39. The number of hydrogen-bond donors (Lipinski definition) is 0. The van der Waals surface area contributed by atoms with E-state index in [4.69, 9.17) is 0 Å². The van der Waals surface area contributed by atoms with Crippen LogP contribution in [-0.4, -0.2) is 9.97 Å². The molecule has 0 unspecified atom stereocenters. The van der Waals surface area contributed by atoms with Gasteiger partial charge in [0.15, 0.2) is 0 Å². The van der Waals surface area contributed by atoms with Gasteiger partial charge in [0.25, 0.3) is 0 Å². The zero-order valence-electron chi connectivity index (χ0n) is 14.0. The number of aromatic nitrogens is 2. The number of rotatable bonds is 0. The smallest absolute Gasteiger partial charge is 0.244 e. The van der Waals surface area contributed by atoms with Gasteiger partial charge in [0.05, 0.1) is 32.9 Å². The van der Waals surface area contributed by atoms with E-state index in [1.54, 1.807) is 0 Å². The second-order valence-corrected chi connectivity index (χ2v) is 6.33. The Balaban J connectivity index is 2.29. The van der Waals surface area contributed by atoms with Crippen molar-refractivity contribution in [3.8, 4) is 0 Å². The topological polar surface area (TPSA) is 25.8 Å². The highest BCUT2D eigenvalue weighted by Gasteiger charge is 2.32. The first-order valence-corrected chi connectivity index (χ1v) is 7.96. The van der Waals surface area contributed by atoms with E-state index in [1.807, 2.05) is 0 Å². The average molecular weight is 392 g/mol. The van der Waals surface area contributed by atoms with E-state index in [9.17, 15) is 26.3 Å². The highest BCUT2D eigenvalue weighted by atomic mass is 19.4. The highest BCUT2D eigenvalue weighted by Crippen LogP contribution is 2.39. The third-order valence-electron chi connectivity index (χ3n) is 4.55. The molecule has 0 aliphatic carbocycles. The minimum absolute atomic E-state index is 0.00828. The van der Waals surface area contributed by atoms with Gasteiger partial charge in [-0.25, -0.2) is 9.97 Å². The molecule has 0 amide bonds. The summed E-state index contributed by atoms with van der Waals surface area (Å²) in [4.78, 5) is 8.55. The standard InChI is InChI=1S/C20H10F6N2/c1-9-10(2)28-18-14-6-4-12(20(24,25)26)8-16(14)15-7-11(19(21,22)23)3-5-13(15)17(18)27-9/h3-8H,1-2H2. The number of halogens is 6. The van der Waals surface area contributed by atoms with Crippen molar-refractivity contribution in [2.24, 2.45) is 0 Å². The molecule has 0 radical (unpaired) electrons. The van der Waals surface area contributed by atoms with Crippen molar-refractivity contribution >= 4 is 45.7 Å². The Morgan fingerprint density at radius 1 is 0.571 bits per heavy atom. The molecule has 1 aromatic heterocycles. The molecular weight excluding hydrogens is 382 g/mol. The summed E-state index contributed by atoms with van der Waals surface area (Å²) in [6, 6.07) is 5.78. The Labute approximate surface area is 153 Å². The van der Waals surface area contributed by atoms with Crippen molar-refractivity contribution in [2.45, 2.75) is 12.4 Å². The van der Waals surface area contributed by atoms with E-state index in [0.29, 0.717) is 0 Å². The summed E-state index contributed by atoms with van der Waals surface area (Å²) in [5, 5.41) is 1.00. The van der Waals surface area contributed by atoms with Crippen LogP contribution in [0.3, 0.4) is 0 Å². The van der Waals surface area contributed by atoms with Gasteiger partial charge in [-0.1, -0.05) is 25.3 Å². The average Bonchev–Trinajstić information content (AvgIpc) is 2.61. The van der Waals surface area contributed by atoms with Crippen LogP contribution < -0.4 is 10.7 Å². The third kappa shape index (κ3) is 2.76. The van der Waals surface area contributed by atoms with Gasteiger partial charge in [-0.2, -0.15) is 26.3 Å². The molecule has 28 heavy (non-hydrogen) atoms. The van der Waals surface area contributed by atoms with Crippen LogP contribution in [0.2, 0.25) is 0 Å². The van der Waals surface area contributed by atoms with Crippen LogP contribution >= 0.6 is 0 Å². The minimum atomic E-state index is -4.64. The van der Waals surface area contributed by atoms with E-state index >= 15 is 0 Å². The van der Waals surface area contributed by atoms with E-state index < -0.39 is 23.5 Å². The van der Waals surface area contributed by atoms with Crippen LogP contribution in [-0.2, 0) is 12.4 Å². The van der Waals surface area contributed by atoms with E-state index in [-0.39, 0.29) is 43.3 Å². The van der Waals surface area contributed by atoms with Gasteiger partial charge in [-0.15, -0.1) is 0 Å². The maximum atomic E-state index is 13.2. The Bertz CT molecular complexity index is 1260. The van der Waals surface area contributed by atoms with Crippen LogP contribution in [0.4, 0.5) is 26.3 Å². The molecule has 3 aromatic carbocycles. The van der Waals surface area contributed by atoms with Gasteiger partial charge in [-0.05, 0) is 35.0 Å². The van der Waals surface area contributed by atoms with Crippen molar-refractivity contribution in [3.05, 3.63) is 58.2 Å². The SMILES string of the molecule is C=c1nc2c3ccc(C(F)(F)F)cc3c3cc(C(F)(F)F)ccc3c2nc1=C. The summed E-state index contributed by atoms with van der Waals surface area (Å²) in [6.07, 6.45) is -9.28. The van der Waals surface area contributed by atoms with Crippen molar-refractivity contribution in [2.75, 3.05) is 0 Å². The molecule has 0 bridgehead atoms. The summed E-state index contributed by atoms with van der Waals surface area (Å²) >= 11 is 0. The molecule has 4 rings (SSSR count). The first-order chi connectivity index (χ1) is 13.0. The summed E-state index contributed by atoms with van der Waals surface area (Å²) in [5.41, 5.74) is -1.41. The molecule has 2 nitrogen and oxygen atoms in total. The highest BCUT2D eigenvalue weighted by molar-refractivity contribution is 6.23. The van der Waals surface area contributed by atoms with Crippen LogP contribution in [0.15, 0.2) is 36.4 Å². The van der Waals surface area contributed by atoms with Crippen LogP contribution in [0, 0.1) is 0 Å². The molecule has 0 spiro atoms. The molecule has 1 heterocycles. The predicted octanol–water partition coefficient (Wildman–Crippen LogP) is 4.79. The zero-order chi connectivity index (χ0) is 20.4. The number of nitrogens with zero attached hydrogens (tertiary/aromatic N) is 2. The maximum Gasteiger partial charge on any atom is 0.416 e. The molecule has 0 aliphatic heterocycles. The molecule has 0 saturated heterocycles. The van der Waals surface area contributed by atoms with E-state index in [0.717, 1.165) is 24.3 Å². The quantitative estimate of drug-likeness (QED) is 0.318. The minimum Gasteiger partial charge on any atom is -0.244 e. The summed E-state index contributed by atoms with van der Waals surface area (Å²) in [5.74, 6) is 0. The summed E-state index contributed by atoms with van der Waals surface area (Å²) < 4.78 is 79.1. The maximum absolute atomic E-state index is 13.2. The lowest BCUT2D eigenvalue weighted by molar-refractivity contribution is -0.138. The van der Waals surface area contributed by atoms with Crippen molar-refractivity contribution in [1.29, 1.82) is 0 Å². The van der Waals surface area contributed by atoms with Crippen LogP contribution in [0.25, 0.3) is 45.7 Å². The van der Waals surface area contributed by atoms with Crippen molar-refractivity contribution in [3.63, 3.8) is 0 Å². The normalized spacial score (nSPS) is 12.9. The monoisotopic (exact) mass is 392 g/mol. The van der Waals surface area contributed by atoms with Gasteiger partial charge in [0.2, 0.25) is 0 Å².